The van der Waals surface area contributed by atoms with Gasteiger partial charge in [-0.1, -0.05) is 18.2 Å². The summed E-state index contributed by atoms with van der Waals surface area (Å²) in [4.78, 5) is 16.8. The van der Waals surface area contributed by atoms with Crippen molar-refractivity contribution in [1.82, 2.24) is 10.3 Å². The minimum atomic E-state index is -1.000. The number of hydrogen-bond acceptors (Lipinski definition) is 4. The summed E-state index contributed by atoms with van der Waals surface area (Å²) in [7, 11) is 0. The van der Waals surface area contributed by atoms with Crippen LogP contribution in [0.1, 0.15) is 29.4 Å². The van der Waals surface area contributed by atoms with Gasteiger partial charge in [-0.3, -0.25) is 4.79 Å². The second kappa shape index (κ2) is 5.66. The van der Waals surface area contributed by atoms with E-state index in [0.29, 0.717) is 18.7 Å². The van der Waals surface area contributed by atoms with Gasteiger partial charge in [0, 0.05) is 25.0 Å². The number of para-hydroxylation sites is 1. The van der Waals surface area contributed by atoms with Crippen molar-refractivity contribution in [2.45, 2.75) is 32.0 Å². The molecule has 2 atom stereocenters. The van der Waals surface area contributed by atoms with Crippen molar-refractivity contribution in [1.29, 1.82) is 0 Å². The van der Waals surface area contributed by atoms with Crippen LogP contribution in [0.5, 0.6) is 0 Å². The number of nitrogens with one attached hydrogen (secondary N) is 1. The Morgan fingerprint density at radius 2 is 2.27 bits per heavy atom. The van der Waals surface area contributed by atoms with Gasteiger partial charge in [-0.2, -0.15) is 0 Å². The molecule has 2 heterocycles. The highest BCUT2D eigenvalue weighted by Gasteiger charge is 2.39. The highest BCUT2D eigenvalue weighted by atomic mass is 16.5. The minimum absolute atomic E-state index is 0.168. The smallest absolute Gasteiger partial charge is 0.270 e. The van der Waals surface area contributed by atoms with Gasteiger partial charge in [0.2, 0.25) is 0 Å². The maximum Gasteiger partial charge on any atom is 0.270 e. The standard InChI is InChI=1S/C17H20N2O3/c1-11-9-13-5-3-4-6-14(13)19-15(11)16(20)18-10-17(21)7-8-22-12(17)2/h3-6,9,12,21H,7-8,10H2,1-2H3,(H,18,20). The second-order valence-corrected chi connectivity index (χ2v) is 5.90. The molecule has 0 aliphatic carbocycles. The van der Waals surface area contributed by atoms with Crippen molar-refractivity contribution >= 4 is 16.8 Å². The summed E-state index contributed by atoms with van der Waals surface area (Å²) in [6.45, 7) is 4.37. The number of aryl methyl sites for hydroxylation is 1. The zero-order valence-electron chi connectivity index (χ0n) is 12.8. The highest BCUT2D eigenvalue weighted by molar-refractivity contribution is 5.96. The van der Waals surface area contributed by atoms with Gasteiger partial charge in [-0.15, -0.1) is 0 Å². The zero-order valence-corrected chi connectivity index (χ0v) is 12.8. The molecular weight excluding hydrogens is 280 g/mol. The molecule has 1 aromatic heterocycles. The van der Waals surface area contributed by atoms with Crippen LogP contribution in [0, 0.1) is 6.92 Å². The highest BCUT2D eigenvalue weighted by Crippen LogP contribution is 2.25. The largest absolute Gasteiger partial charge is 0.385 e. The zero-order chi connectivity index (χ0) is 15.7. The lowest BCUT2D eigenvalue weighted by Crippen LogP contribution is -2.47. The number of amides is 1. The first-order chi connectivity index (χ1) is 10.5. The van der Waals surface area contributed by atoms with Crippen molar-refractivity contribution in [3.8, 4) is 0 Å². The number of benzene rings is 1. The topological polar surface area (TPSA) is 71.5 Å². The van der Waals surface area contributed by atoms with Gasteiger partial charge >= 0.3 is 0 Å². The normalized spacial score (nSPS) is 24.6. The molecule has 1 aromatic carbocycles. The van der Waals surface area contributed by atoms with Crippen LogP contribution in [0.15, 0.2) is 30.3 Å². The molecule has 2 aromatic rings. The Hall–Kier alpha value is -1.98. The van der Waals surface area contributed by atoms with Gasteiger partial charge in [0.1, 0.15) is 11.3 Å². The fourth-order valence-electron chi connectivity index (χ4n) is 2.77. The number of pyridine rings is 1. The fraction of sp³-hybridized carbons (Fsp3) is 0.412. The molecule has 2 unspecified atom stereocenters. The quantitative estimate of drug-likeness (QED) is 0.907. The van der Waals surface area contributed by atoms with Gasteiger partial charge in [-0.25, -0.2) is 4.98 Å². The maximum absolute atomic E-state index is 12.4. The molecule has 5 heteroatoms. The number of nitrogens with zero attached hydrogens (tertiary/aromatic N) is 1. The van der Waals surface area contributed by atoms with Crippen molar-refractivity contribution < 1.29 is 14.6 Å². The van der Waals surface area contributed by atoms with E-state index in [0.717, 1.165) is 16.5 Å². The third-order valence-corrected chi connectivity index (χ3v) is 4.34. The van der Waals surface area contributed by atoms with E-state index >= 15 is 0 Å². The second-order valence-electron chi connectivity index (χ2n) is 5.90. The summed E-state index contributed by atoms with van der Waals surface area (Å²) in [5.41, 5.74) is 1.00. The molecule has 1 aliphatic rings. The van der Waals surface area contributed by atoms with Crippen molar-refractivity contribution in [3.63, 3.8) is 0 Å². The maximum atomic E-state index is 12.4. The number of aromatic nitrogens is 1. The molecule has 0 bridgehead atoms. The number of rotatable bonds is 3. The average molecular weight is 300 g/mol. The van der Waals surface area contributed by atoms with Crippen molar-refractivity contribution in [2.75, 3.05) is 13.2 Å². The van der Waals surface area contributed by atoms with Crippen LogP contribution >= 0.6 is 0 Å². The van der Waals surface area contributed by atoms with E-state index in [-0.39, 0.29) is 18.6 Å². The van der Waals surface area contributed by atoms with E-state index in [1.807, 2.05) is 44.2 Å². The van der Waals surface area contributed by atoms with E-state index in [9.17, 15) is 9.90 Å². The van der Waals surface area contributed by atoms with Crippen LogP contribution < -0.4 is 5.32 Å². The van der Waals surface area contributed by atoms with Gasteiger partial charge in [0.15, 0.2) is 0 Å². The van der Waals surface area contributed by atoms with Gasteiger partial charge in [0.05, 0.1) is 11.6 Å². The van der Waals surface area contributed by atoms with Gasteiger partial charge in [0.25, 0.3) is 5.91 Å². The van der Waals surface area contributed by atoms with Crippen LogP contribution in [0.25, 0.3) is 10.9 Å². The molecule has 116 valence electrons. The summed E-state index contributed by atoms with van der Waals surface area (Å²) in [5, 5.41) is 14.2. The van der Waals surface area contributed by atoms with Gasteiger partial charge < -0.3 is 15.2 Å². The molecule has 1 saturated heterocycles. The van der Waals surface area contributed by atoms with Crippen molar-refractivity contribution in [2.24, 2.45) is 0 Å². The Kier molecular flexibility index (Phi) is 3.85. The third kappa shape index (κ3) is 2.69. The predicted molar refractivity (Wildman–Crippen MR) is 83.8 cm³/mol. The summed E-state index contributed by atoms with van der Waals surface area (Å²) in [6, 6.07) is 9.64. The fourth-order valence-corrected chi connectivity index (χ4v) is 2.77. The minimum Gasteiger partial charge on any atom is -0.385 e. The first-order valence-electron chi connectivity index (χ1n) is 7.48. The molecule has 1 fully saturated rings. The molecule has 1 amide bonds. The summed E-state index contributed by atoms with van der Waals surface area (Å²) >= 11 is 0. The average Bonchev–Trinajstić information content (AvgIpc) is 2.84. The van der Waals surface area contributed by atoms with E-state index in [4.69, 9.17) is 4.74 Å². The lowest BCUT2D eigenvalue weighted by Gasteiger charge is -2.26. The monoisotopic (exact) mass is 300 g/mol. The number of aliphatic hydroxyl groups is 1. The summed E-state index contributed by atoms with van der Waals surface area (Å²) in [6.07, 6.45) is 0.247. The lowest BCUT2D eigenvalue weighted by molar-refractivity contribution is -0.0252. The molecule has 0 radical (unpaired) electrons. The molecule has 5 nitrogen and oxygen atoms in total. The van der Waals surface area contributed by atoms with E-state index < -0.39 is 5.60 Å². The molecule has 0 spiro atoms. The first kappa shape index (κ1) is 14.9. The Morgan fingerprint density at radius 1 is 1.50 bits per heavy atom. The first-order valence-corrected chi connectivity index (χ1v) is 7.48. The van der Waals surface area contributed by atoms with E-state index in [1.165, 1.54) is 0 Å². The Balaban J connectivity index is 1.79. The number of fused-ring (bicyclic) bond motifs is 1. The lowest BCUT2D eigenvalue weighted by atomic mass is 9.96. The Bertz CT molecular complexity index is 716. The SMILES string of the molecule is Cc1cc2ccccc2nc1C(=O)NCC1(O)CCOC1C. The molecule has 22 heavy (non-hydrogen) atoms. The van der Waals surface area contributed by atoms with Crippen LogP contribution in [-0.2, 0) is 4.74 Å². The van der Waals surface area contributed by atoms with Crippen LogP contribution in [-0.4, -0.2) is 40.9 Å². The number of hydrogen-bond donors (Lipinski definition) is 2. The number of carbonyl (C=O) groups excluding carboxylic acids is 1. The molecule has 0 saturated carbocycles. The number of ether oxygens (including phenoxy) is 1. The van der Waals surface area contributed by atoms with Gasteiger partial charge in [-0.05, 0) is 31.5 Å². The van der Waals surface area contributed by atoms with E-state index in [1.54, 1.807) is 0 Å². The third-order valence-electron chi connectivity index (χ3n) is 4.34. The van der Waals surface area contributed by atoms with Crippen LogP contribution in [0.4, 0.5) is 0 Å². The summed E-state index contributed by atoms with van der Waals surface area (Å²) < 4.78 is 5.37. The van der Waals surface area contributed by atoms with Crippen LogP contribution in [0.3, 0.4) is 0 Å². The Morgan fingerprint density at radius 3 is 3.00 bits per heavy atom. The molecule has 3 rings (SSSR count). The van der Waals surface area contributed by atoms with Crippen LogP contribution in [0.2, 0.25) is 0 Å². The van der Waals surface area contributed by atoms with E-state index in [2.05, 4.69) is 10.3 Å². The summed E-state index contributed by atoms with van der Waals surface area (Å²) in [5.74, 6) is -0.268. The molecule has 1 aliphatic heterocycles. The van der Waals surface area contributed by atoms with Crippen molar-refractivity contribution in [3.05, 3.63) is 41.6 Å². The number of carbonyl (C=O) groups is 1. The predicted octanol–water partition coefficient (Wildman–Crippen LogP) is 1.81. The molecular formula is C17H20N2O3. The Labute approximate surface area is 129 Å². The molecule has 2 N–H and O–H groups in total.